The van der Waals surface area contributed by atoms with Crippen LogP contribution in [0, 0.1) is 0 Å². The van der Waals surface area contributed by atoms with Crippen molar-refractivity contribution in [3.05, 3.63) is 23.4 Å². The molecule has 0 aromatic heterocycles. The molecule has 1 atom stereocenters. The Hall–Kier alpha value is -0.800. The second kappa shape index (κ2) is 2.86. The highest BCUT2D eigenvalue weighted by Gasteiger charge is 2.07. The minimum absolute atomic E-state index is 0.700. The summed E-state index contributed by atoms with van der Waals surface area (Å²) in [6.07, 6.45) is 4.51. The van der Waals surface area contributed by atoms with Crippen molar-refractivity contribution >= 4 is 0 Å². The molecule has 3 nitrogen and oxygen atoms in total. The Bertz CT molecular complexity index is 182. The number of nitrogens with two attached hydrogens (primary N) is 2. The molecule has 1 aliphatic rings. The molecule has 5 N–H and O–H groups in total. The summed E-state index contributed by atoms with van der Waals surface area (Å²) in [4.78, 5) is 0. The molecule has 0 heterocycles. The molecule has 0 amide bonds. The largest absolute Gasteiger partial charge is 0.399 e. The fourth-order valence-corrected chi connectivity index (χ4v) is 0.984. The fraction of sp³-hybridized carbons (Fsp3) is 0.429. The van der Waals surface area contributed by atoms with Crippen molar-refractivity contribution < 1.29 is 5.11 Å². The van der Waals surface area contributed by atoms with E-state index in [1.807, 2.05) is 6.08 Å². The number of rotatable bonds is 1. The SMILES string of the molecule is NC1=CCCC(C(N)O)=C1. The average Bonchev–Trinajstić information content (AvgIpc) is 1.88. The van der Waals surface area contributed by atoms with Gasteiger partial charge in [0.05, 0.1) is 0 Å². The van der Waals surface area contributed by atoms with Crippen LogP contribution in [0.15, 0.2) is 23.4 Å². The van der Waals surface area contributed by atoms with Crippen molar-refractivity contribution in [3.63, 3.8) is 0 Å². The lowest BCUT2D eigenvalue weighted by molar-refractivity contribution is 0.214. The van der Waals surface area contributed by atoms with Crippen LogP contribution in [0.25, 0.3) is 0 Å². The Labute approximate surface area is 60.0 Å². The number of hydrogen-bond acceptors (Lipinski definition) is 3. The van der Waals surface area contributed by atoms with Crippen LogP contribution >= 0.6 is 0 Å². The maximum atomic E-state index is 8.92. The summed E-state index contributed by atoms with van der Waals surface area (Å²) in [5.74, 6) is 0. The van der Waals surface area contributed by atoms with Gasteiger partial charge in [-0.1, -0.05) is 6.08 Å². The predicted molar refractivity (Wildman–Crippen MR) is 39.8 cm³/mol. The second-order valence-corrected chi connectivity index (χ2v) is 2.41. The van der Waals surface area contributed by atoms with Crippen LogP contribution in [-0.2, 0) is 0 Å². The van der Waals surface area contributed by atoms with E-state index in [4.69, 9.17) is 16.6 Å². The van der Waals surface area contributed by atoms with Gasteiger partial charge in [0, 0.05) is 5.70 Å². The summed E-state index contributed by atoms with van der Waals surface area (Å²) in [6.45, 7) is 0. The van der Waals surface area contributed by atoms with Crippen LogP contribution in [-0.4, -0.2) is 11.3 Å². The third-order valence-corrected chi connectivity index (χ3v) is 1.55. The molecule has 1 unspecified atom stereocenters. The zero-order valence-corrected chi connectivity index (χ0v) is 5.75. The summed E-state index contributed by atoms with van der Waals surface area (Å²) in [7, 11) is 0. The van der Waals surface area contributed by atoms with Crippen molar-refractivity contribution in [3.8, 4) is 0 Å². The molecular weight excluding hydrogens is 128 g/mol. The molecule has 0 aromatic rings. The van der Waals surface area contributed by atoms with Crippen LogP contribution in [0.3, 0.4) is 0 Å². The second-order valence-electron chi connectivity index (χ2n) is 2.41. The van der Waals surface area contributed by atoms with E-state index in [2.05, 4.69) is 0 Å². The van der Waals surface area contributed by atoms with Gasteiger partial charge in [0.25, 0.3) is 0 Å². The van der Waals surface area contributed by atoms with Crippen molar-refractivity contribution in [1.82, 2.24) is 0 Å². The van der Waals surface area contributed by atoms with E-state index in [1.54, 1.807) is 6.08 Å². The molecular formula is C7H12N2O. The first-order chi connectivity index (χ1) is 4.70. The van der Waals surface area contributed by atoms with Gasteiger partial charge in [-0.05, 0) is 24.5 Å². The van der Waals surface area contributed by atoms with E-state index < -0.39 is 6.23 Å². The van der Waals surface area contributed by atoms with Gasteiger partial charge in [0.1, 0.15) is 6.23 Å². The summed E-state index contributed by atoms with van der Waals surface area (Å²) < 4.78 is 0. The van der Waals surface area contributed by atoms with Crippen LogP contribution in [0.2, 0.25) is 0 Å². The number of aliphatic hydroxyl groups is 1. The molecule has 0 radical (unpaired) electrons. The van der Waals surface area contributed by atoms with Gasteiger partial charge >= 0.3 is 0 Å². The van der Waals surface area contributed by atoms with Crippen LogP contribution in [0.1, 0.15) is 12.8 Å². The van der Waals surface area contributed by atoms with Gasteiger partial charge in [-0.3, -0.25) is 0 Å². The van der Waals surface area contributed by atoms with E-state index in [1.165, 1.54) is 0 Å². The van der Waals surface area contributed by atoms with Crippen molar-refractivity contribution in [2.45, 2.75) is 19.1 Å². The monoisotopic (exact) mass is 140 g/mol. The summed E-state index contributed by atoms with van der Waals surface area (Å²) >= 11 is 0. The first-order valence-corrected chi connectivity index (χ1v) is 3.30. The van der Waals surface area contributed by atoms with Gasteiger partial charge in [-0.25, -0.2) is 0 Å². The number of hydrogen-bond donors (Lipinski definition) is 3. The summed E-state index contributed by atoms with van der Waals surface area (Å²) in [6, 6.07) is 0. The molecule has 56 valence electrons. The lowest BCUT2D eigenvalue weighted by Gasteiger charge is -2.13. The third kappa shape index (κ3) is 1.59. The lowest BCUT2D eigenvalue weighted by Crippen LogP contribution is -2.23. The Morgan fingerprint density at radius 1 is 1.60 bits per heavy atom. The van der Waals surface area contributed by atoms with E-state index >= 15 is 0 Å². The molecule has 3 heteroatoms. The molecule has 1 aliphatic carbocycles. The summed E-state index contributed by atoms with van der Waals surface area (Å²) in [5, 5.41) is 8.92. The van der Waals surface area contributed by atoms with Gasteiger partial charge in [-0.2, -0.15) is 0 Å². The van der Waals surface area contributed by atoms with Gasteiger partial charge in [-0.15, -0.1) is 0 Å². The zero-order valence-electron chi connectivity index (χ0n) is 5.75. The van der Waals surface area contributed by atoms with Crippen LogP contribution in [0.4, 0.5) is 0 Å². The van der Waals surface area contributed by atoms with Gasteiger partial charge in [0.2, 0.25) is 0 Å². The molecule has 0 fully saturated rings. The maximum Gasteiger partial charge on any atom is 0.124 e. The Morgan fingerprint density at radius 3 is 2.70 bits per heavy atom. The highest BCUT2D eigenvalue weighted by molar-refractivity contribution is 5.26. The fourth-order valence-electron chi connectivity index (χ4n) is 0.984. The lowest BCUT2D eigenvalue weighted by atomic mass is 10.0. The zero-order chi connectivity index (χ0) is 7.56. The first kappa shape index (κ1) is 7.31. The van der Waals surface area contributed by atoms with Crippen LogP contribution in [0.5, 0.6) is 0 Å². The third-order valence-electron chi connectivity index (χ3n) is 1.55. The minimum atomic E-state index is -0.841. The molecule has 0 aliphatic heterocycles. The normalized spacial score (nSPS) is 21.4. The maximum absolute atomic E-state index is 8.92. The smallest absolute Gasteiger partial charge is 0.124 e. The molecule has 0 saturated heterocycles. The Kier molecular flexibility index (Phi) is 2.09. The van der Waals surface area contributed by atoms with Crippen molar-refractivity contribution in [1.29, 1.82) is 0 Å². The Morgan fingerprint density at radius 2 is 2.30 bits per heavy atom. The summed E-state index contributed by atoms with van der Waals surface area (Å²) in [5.41, 5.74) is 12.2. The first-order valence-electron chi connectivity index (χ1n) is 3.30. The minimum Gasteiger partial charge on any atom is -0.399 e. The molecule has 0 saturated carbocycles. The molecule has 0 bridgehead atoms. The molecule has 1 rings (SSSR count). The standard InChI is InChI=1S/C7H12N2O/c8-6-3-1-2-5(4-6)7(9)10/h3-4,7,10H,1-2,8-9H2. The molecule has 0 aromatic carbocycles. The topological polar surface area (TPSA) is 72.3 Å². The molecule has 0 spiro atoms. The van der Waals surface area contributed by atoms with Gasteiger partial charge < -0.3 is 16.6 Å². The Balaban J connectivity index is 2.69. The highest BCUT2D eigenvalue weighted by atomic mass is 16.3. The van der Waals surface area contributed by atoms with Crippen molar-refractivity contribution in [2.75, 3.05) is 0 Å². The molecule has 10 heavy (non-hydrogen) atoms. The number of aliphatic hydroxyl groups excluding tert-OH is 1. The van der Waals surface area contributed by atoms with E-state index in [-0.39, 0.29) is 0 Å². The highest BCUT2D eigenvalue weighted by Crippen LogP contribution is 2.15. The van der Waals surface area contributed by atoms with E-state index in [9.17, 15) is 0 Å². The van der Waals surface area contributed by atoms with E-state index in [0.717, 1.165) is 18.4 Å². The van der Waals surface area contributed by atoms with E-state index in [0.29, 0.717) is 5.70 Å². The van der Waals surface area contributed by atoms with Crippen molar-refractivity contribution in [2.24, 2.45) is 11.5 Å². The quantitative estimate of drug-likeness (QED) is 0.443. The average molecular weight is 140 g/mol. The van der Waals surface area contributed by atoms with Crippen LogP contribution < -0.4 is 11.5 Å². The predicted octanol–water partition coefficient (Wildman–Crippen LogP) is -0.174. The number of allylic oxidation sites excluding steroid dienone is 2. The van der Waals surface area contributed by atoms with Gasteiger partial charge in [0.15, 0.2) is 0 Å².